The van der Waals surface area contributed by atoms with Crippen LogP contribution in [0.25, 0.3) is 0 Å². The molecule has 0 bridgehead atoms. The topological polar surface area (TPSA) is 35.5 Å². The molecule has 33 heavy (non-hydrogen) atoms. The van der Waals surface area contributed by atoms with Gasteiger partial charge in [0.15, 0.2) is 16.6 Å². The van der Waals surface area contributed by atoms with Gasteiger partial charge in [-0.25, -0.2) is 0 Å². The molecule has 0 aromatic heterocycles. The van der Waals surface area contributed by atoms with Crippen LogP contribution in [0.15, 0.2) is 24.8 Å². The van der Waals surface area contributed by atoms with Crippen LogP contribution in [0.2, 0.25) is 36.3 Å². The Morgan fingerprint density at radius 3 is 2.09 bits per heavy atom. The van der Waals surface area contributed by atoms with Crippen LogP contribution in [0.4, 0.5) is 0 Å². The number of hydrogen-bond acceptors (Lipinski definition) is 3. The SMILES string of the molecule is C=CC[C@@H]1C(=O)C[C@@H](O[Si](C)(C)C(C)(C)C)[C@@H]1C=C[C@H](CCCCC)O[Si](C)(C)C(C)(C)C. The van der Waals surface area contributed by atoms with Gasteiger partial charge in [0.25, 0.3) is 0 Å². The highest BCUT2D eigenvalue weighted by Crippen LogP contribution is 2.43. The fourth-order valence-corrected chi connectivity index (χ4v) is 6.62. The third-order valence-electron chi connectivity index (χ3n) is 8.28. The zero-order valence-electron chi connectivity index (χ0n) is 23.7. The number of carbonyl (C=O) groups is 1. The van der Waals surface area contributed by atoms with E-state index in [1.54, 1.807) is 0 Å². The molecule has 1 saturated carbocycles. The molecular formula is C28H54O3Si2. The van der Waals surface area contributed by atoms with Crippen molar-refractivity contribution >= 4 is 22.4 Å². The molecule has 0 N–H and O–H groups in total. The molecule has 192 valence electrons. The lowest BCUT2D eigenvalue weighted by atomic mass is 9.90. The summed E-state index contributed by atoms with van der Waals surface area (Å²) >= 11 is 0. The summed E-state index contributed by atoms with van der Waals surface area (Å²) in [5.74, 6) is 0.389. The van der Waals surface area contributed by atoms with Gasteiger partial charge in [-0.2, -0.15) is 0 Å². The number of unbranched alkanes of at least 4 members (excludes halogenated alkanes) is 2. The van der Waals surface area contributed by atoms with E-state index < -0.39 is 16.6 Å². The van der Waals surface area contributed by atoms with Crippen molar-refractivity contribution in [1.82, 2.24) is 0 Å². The number of Topliss-reactive ketones (excluding diaryl/α,β-unsaturated/α-hetero) is 1. The van der Waals surface area contributed by atoms with Gasteiger partial charge < -0.3 is 8.85 Å². The normalized spacial score (nSPS) is 24.0. The van der Waals surface area contributed by atoms with Crippen LogP contribution in [-0.2, 0) is 13.6 Å². The largest absolute Gasteiger partial charge is 0.413 e. The zero-order chi connectivity index (χ0) is 25.7. The van der Waals surface area contributed by atoms with Crippen LogP contribution in [0.3, 0.4) is 0 Å². The molecule has 1 rings (SSSR count). The Kier molecular flexibility index (Phi) is 11.1. The monoisotopic (exact) mass is 494 g/mol. The lowest BCUT2D eigenvalue weighted by Crippen LogP contribution is -2.45. The molecule has 0 aromatic carbocycles. The maximum Gasteiger partial charge on any atom is 0.192 e. The second-order valence-electron chi connectivity index (χ2n) is 13.1. The molecule has 1 fully saturated rings. The molecule has 3 nitrogen and oxygen atoms in total. The van der Waals surface area contributed by atoms with Crippen molar-refractivity contribution in [3.63, 3.8) is 0 Å². The lowest BCUT2D eigenvalue weighted by molar-refractivity contribution is -0.121. The van der Waals surface area contributed by atoms with Crippen molar-refractivity contribution in [2.45, 2.75) is 135 Å². The number of allylic oxidation sites excluding steroid dienone is 1. The van der Waals surface area contributed by atoms with Crippen LogP contribution in [-0.4, -0.2) is 34.6 Å². The van der Waals surface area contributed by atoms with E-state index in [4.69, 9.17) is 8.85 Å². The minimum absolute atomic E-state index is 0.0299. The maximum absolute atomic E-state index is 13.0. The maximum atomic E-state index is 13.0. The highest BCUT2D eigenvalue weighted by atomic mass is 28.4. The summed E-state index contributed by atoms with van der Waals surface area (Å²) in [4.78, 5) is 13.0. The van der Waals surface area contributed by atoms with E-state index in [-0.39, 0.29) is 34.1 Å². The second kappa shape index (κ2) is 12.0. The number of hydrogen-bond donors (Lipinski definition) is 0. The fourth-order valence-electron chi connectivity index (χ4n) is 3.96. The van der Waals surface area contributed by atoms with Gasteiger partial charge in [-0.3, -0.25) is 4.79 Å². The molecule has 1 aliphatic rings. The van der Waals surface area contributed by atoms with Crippen LogP contribution >= 0.6 is 0 Å². The smallest absolute Gasteiger partial charge is 0.192 e. The minimum atomic E-state index is -1.98. The van der Waals surface area contributed by atoms with Gasteiger partial charge in [0, 0.05) is 18.3 Å². The molecule has 5 heteroatoms. The Morgan fingerprint density at radius 2 is 1.61 bits per heavy atom. The molecule has 0 saturated heterocycles. The third kappa shape index (κ3) is 8.59. The third-order valence-corrected chi connectivity index (χ3v) is 17.3. The van der Waals surface area contributed by atoms with Crippen molar-refractivity contribution in [3.8, 4) is 0 Å². The predicted octanol–water partition coefficient (Wildman–Crippen LogP) is 8.69. The van der Waals surface area contributed by atoms with E-state index in [2.05, 4.69) is 93.4 Å². The van der Waals surface area contributed by atoms with Gasteiger partial charge >= 0.3 is 0 Å². The standard InChI is InChI=1S/C28H54O3Si2/c1-13-15-16-18-22(30-32(9,10)27(3,4)5)19-20-24-23(17-14-2)25(29)21-26(24)31-33(11,12)28(6,7)8/h14,19-20,22-24,26H,2,13,15-18,21H2,1,3-12H3/t22-,23-,24+,26+/m0/s1. The molecule has 0 aromatic rings. The molecule has 1 aliphatic carbocycles. The Morgan fingerprint density at radius 1 is 1.03 bits per heavy atom. The van der Waals surface area contributed by atoms with Crippen LogP contribution < -0.4 is 0 Å². The Labute approximate surface area is 208 Å². The summed E-state index contributed by atoms with van der Waals surface area (Å²) in [6.45, 7) is 29.1. The summed E-state index contributed by atoms with van der Waals surface area (Å²) in [6, 6.07) is 0. The quantitative estimate of drug-likeness (QED) is 0.155. The van der Waals surface area contributed by atoms with Gasteiger partial charge in [0.2, 0.25) is 0 Å². The van der Waals surface area contributed by atoms with Gasteiger partial charge in [0.1, 0.15) is 5.78 Å². The summed E-state index contributed by atoms with van der Waals surface area (Å²) in [7, 11) is -3.86. The average Bonchev–Trinajstić information content (AvgIpc) is 2.92. The molecule has 0 heterocycles. The van der Waals surface area contributed by atoms with Gasteiger partial charge in [-0.15, -0.1) is 6.58 Å². The molecule has 0 radical (unpaired) electrons. The highest BCUT2D eigenvalue weighted by Gasteiger charge is 2.47. The van der Waals surface area contributed by atoms with E-state index in [1.807, 2.05) is 6.08 Å². The van der Waals surface area contributed by atoms with Crippen molar-refractivity contribution in [2.24, 2.45) is 11.8 Å². The van der Waals surface area contributed by atoms with Crippen molar-refractivity contribution < 1.29 is 13.6 Å². The Balaban J connectivity index is 3.20. The van der Waals surface area contributed by atoms with Gasteiger partial charge in [-0.1, -0.05) is 86.0 Å². The van der Waals surface area contributed by atoms with Gasteiger partial charge in [-0.05, 0) is 49.1 Å². The summed E-state index contributed by atoms with van der Waals surface area (Å²) < 4.78 is 13.6. The highest BCUT2D eigenvalue weighted by molar-refractivity contribution is 6.74. The second-order valence-corrected chi connectivity index (χ2v) is 22.6. The molecule has 0 aliphatic heterocycles. The van der Waals surface area contributed by atoms with E-state index >= 15 is 0 Å². The summed E-state index contributed by atoms with van der Waals surface area (Å²) in [6.07, 6.45) is 12.4. The summed E-state index contributed by atoms with van der Waals surface area (Å²) in [5, 5.41) is 0.293. The van der Waals surface area contributed by atoms with E-state index in [0.717, 1.165) is 12.8 Å². The lowest BCUT2D eigenvalue weighted by Gasteiger charge is -2.40. The van der Waals surface area contributed by atoms with Crippen LogP contribution in [0, 0.1) is 11.8 Å². The number of ketones is 1. The number of rotatable bonds is 12. The number of carbonyl (C=O) groups excluding carboxylic acids is 1. The van der Waals surface area contributed by atoms with Crippen molar-refractivity contribution in [2.75, 3.05) is 0 Å². The fraction of sp³-hybridized carbons (Fsp3) is 0.821. The van der Waals surface area contributed by atoms with Crippen LogP contribution in [0.5, 0.6) is 0 Å². The first-order chi connectivity index (χ1) is 15.0. The first-order valence-corrected chi connectivity index (χ1v) is 19.0. The van der Waals surface area contributed by atoms with Crippen molar-refractivity contribution in [1.29, 1.82) is 0 Å². The molecular weight excluding hydrogens is 440 g/mol. The Hall–Kier alpha value is -0.496. The predicted molar refractivity (Wildman–Crippen MR) is 149 cm³/mol. The van der Waals surface area contributed by atoms with E-state index in [0.29, 0.717) is 12.2 Å². The average molecular weight is 495 g/mol. The van der Waals surface area contributed by atoms with Crippen molar-refractivity contribution in [3.05, 3.63) is 24.8 Å². The summed E-state index contributed by atoms with van der Waals surface area (Å²) in [5.41, 5.74) is 0. The molecule has 0 amide bonds. The van der Waals surface area contributed by atoms with Gasteiger partial charge in [0.05, 0.1) is 12.2 Å². The first kappa shape index (κ1) is 30.5. The molecule has 0 spiro atoms. The first-order valence-electron chi connectivity index (χ1n) is 13.1. The van der Waals surface area contributed by atoms with Crippen LogP contribution in [0.1, 0.15) is 87.0 Å². The molecule has 0 unspecified atom stereocenters. The minimum Gasteiger partial charge on any atom is -0.413 e. The zero-order valence-corrected chi connectivity index (χ0v) is 25.7. The Bertz CT molecular complexity index is 668. The molecule has 4 atom stereocenters. The van der Waals surface area contributed by atoms with E-state index in [9.17, 15) is 4.79 Å². The van der Waals surface area contributed by atoms with E-state index in [1.165, 1.54) is 19.3 Å².